The van der Waals surface area contributed by atoms with E-state index in [0.29, 0.717) is 141 Å². The largest absolute Gasteiger partial charge is 0.491 e. The summed E-state index contributed by atoms with van der Waals surface area (Å²) in [6, 6.07) is 14.3. The molecule has 68 heavy (non-hydrogen) atoms. The number of carbonyl (C=O) groups is 2. The molecule has 374 valence electrons. The summed E-state index contributed by atoms with van der Waals surface area (Å²) < 4.78 is 57.3. The molecule has 4 aromatic rings. The van der Waals surface area contributed by atoms with Gasteiger partial charge in [0.15, 0.2) is 5.82 Å². The number of alkyl carbamates (subject to hydrolysis) is 1. The van der Waals surface area contributed by atoms with Gasteiger partial charge in [0.1, 0.15) is 34.8 Å². The zero-order valence-corrected chi connectivity index (χ0v) is 41.7. The molecule has 1 aliphatic heterocycles. The van der Waals surface area contributed by atoms with Crippen LogP contribution in [0.2, 0.25) is 5.02 Å². The molecule has 3 heterocycles. The van der Waals surface area contributed by atoms with Gasteiger partial charge >= 0.3 is 6.09 Å². The fraction of sp³-hybridized carbons (Fsp3) is 0.562. The molecule has 0 saturated carbocycles. The number of ether oxygens (including phenoxy) is 10. The summed E-state index contributed by atoms with van der Waals surface area (Å²) in [5.74, 6) is 1.73. The van der Waals surface area contributed by atoms with Crippen molar-refractivity contribution in [3.05, 3.63) is 86.8 Å². The van der Waals surface area contributed by atoms with E-state index in [4.69, 9.17) is 64.0 Å². The van der Waals surface area contributed by atoms with Crippen LogP contribution in [-0.2, 0) is 47.4 Å². The number of halogens is 1. The van der Waals surface area contributed by atoms with E-state index in [9.17, 15) is 9.59 Å². The number of carbonyl (C=O) groups excluding carboxylic acids is 2. The van der Waals surface area contributed by atoms with Crippen LogP contribution in [0.4, 0.5) is 10.5 Å². The first-order valence-corrected chi connectivity index (χ1v) is 24.1. The third-order valence-corrected chi connectivity index (χ3v) is 11.3. The fourth-order valence-electron chi connectivity index (χ4n) is 6.58. The van der Waals surface area contributed by atoms with Gasteiger partial charge in [0.25, 0.3) is 0 Å². The molecule has 1 atom stereocenters. The Morgan fingerprint density at radius 3 is 1.78 bits per heavy atom. The van der Waals surface area contributed by atoms with Crippen molar-refractivity contribution in [2.45, 2.75) is 59.6 Å². The number of anilines is 1. The second-order valence-electron chi connectivity index (χ2n) is 16.4. The van der Waals surface area contributed by atoms with Crippen LogP contribution in [0.3, 0.4) is 0 Å². The van der Waals surface area contributed by atoms with E-state index in [2.05, 4.69) is 34.7 Å². The summed E-state index contributed by atoms with van der Waals surface area (Å²) >= 11 is 7.91. The average Bonchev–Trinajstić information content (AvgIpc) is 3.78. The van der Waals surface area contributed by atoms with Crippen molar-refractivity contribution in [2.75, 3.05) is 124 Å². The van der Waals surface area contributed by atoms with Crippen LogP contribution in [0, 0.1) is 20.8 Å². The number of aromatic nitrogens is 3. The van der Waals surface area contributed by atoms with Crippen molar-refractivity contribution >= 4 is 46.3 Å². The predicted molar refractivity (Wildman–Crippen MR) is 259 cm³/mol. The molecule has 0 saturated heterocycles. The van der Waals surface area contributed by atoms with Gasteiger partial charge in [-0.2, -0.15) is 0 Å². The lowest BCUT2D eigenvalue weighted by Crippen LogP contribution is -2.34. The van der Waals surface area contributed by atoms with Gasteiger partial charge in [0, 0.05) is 39.3 Å². The highest BCUT2D eigenvalue weighted by Gasteiger charge is 2.32. The summed E-state index contributed by atoms with van der Waals surface area (Å²) in [6.07, 6.45) is -0.407. The van der Waals surface area contributed by atoms with Crippen LogP contribution in [0.5, 0.6) is 5.75 Å². The Bertz CT molecular complexity index is 2160. The minimum Gasteiger partial charge on any atom is -0.491 e. The van der Waals surface area contributed by atoms with Crippen molar-refractivity contribution < 1.29 is 57.0 Å². The third kappa shape index (κ3) is 19.1. The minimum atomic E-state index is -0.586. The molecule has 1 aliphatic rings. The topological polar surface area (TPSA) is 194 Å². The van der Waals surface area contributed by atoms with E-state index in [0.717, 1.165) is 33.2 Å². The van der Waals surface area contributed by atoms with Crippen molar-refractivity contribution in [1.82, 2.24) is 20.1 Å². The number of nitrogens with one attached hydrogen (secondary N) is 2. The fourth-order valence-corrected chi connectivity index (χ4v) is 7.92. The molecule has 2 N–H and O–H groups in total. The molecule has 20 heteroatoms. The van der Waals surface area contributed by atoms with E-state index in [1.54, 1.807) is 17.4 Å². The van der Waals surface area contributed by atoms with Crippen LogP contribution in [0.15, 0.2) is 53.5 Å². The Morgan fingerprint density at radius 1 is 0.706 bits per heavy atom. The Kier molecular flexibility index (Phi) is 23.6. The highest BCUT2D eigenvalue weighted by atomic mass is 35.5. The predicted octanol–water partition coefficient (Wildman–Crippen LogP) is 6.86. The molecule has 0 spiro atoms. The van der Waals surface area contributed by atoms with Gasteiger partial charge < -0.3 is 58.0 Å². The number of amides is 2. The van der Waals surface area contributed by atoms with Gasteiger partial charge in [-0.15, -0.1) is 21.5 Å². The third-order valence-electron chi connectivity index (χ3n) is 9.87. The standard InChI is InChI=1S/C48H67ClN6O12S/c1-34-35(2)68-46-43(34)44(37-10-12-38(49)13-11-37)52-41(45-54-53-36(3)55(45)46)33-42(56)51-39-8-7-9-40(32-39)66-31-30-65-29-28-64-27-26-63-25-24-62-23-22-61-21-20-60-19-18-59-17-16-58-15-14-50-47(57)67-48(4,5)6/h7-13,32,41H,14-31,33H2,1-6H3,(H,50,57)(H,51,56)/t41-/m0/s1. The molecule has 0 radical (unpaired) electrons. The molecular formula is C48H67ClN6O12S. The van der Waals surface area contributed by atoms with Crippen LogP contribution in [0.25, 0.3) is 5.00 Å². The first-order chi connectivity index (χ1) is 32.9. The highest BCUT2D eigenvalue weighted by Crippen LogP contribution is 2.39. The van der Waals surface area contributed by atoms with Crippen molar-refractivity contribution in [3.63, 3.8) is 0 Å². The number of benzene rings is 2. The maximum Gasteiger partial charge on any atom is 0.407 e. The summed E-state index contributed by atoms with van der Waals surface area (Å²) in [7, 11) is 0. The SMILES string of the molecule is Cc1sc2c(c1C)C(c1ccc(Cl)cc1)=N[C@@H](CC(=O)Nc1cccc(OCCOCCOCCOCCOCCOCCOCCOCCOCCNC(=O)OC(C)(C)C)c1)c1nnc(C)n1-2. The van der Waals surface area contributed by atoms with Crippen LogP contribution >= 0.6 is 22.9 Å². The van der Waals surface area contributed by atoms with Crippen LogP contribution in [0.1, 0.15) is 66.5 Å². The summed E-state index contributed by atoms with van der Waals surface area (Å²) in [6.45, 7) is 19.3. The molecule has 0 fully saturated rings. The minimum absolute atomic E-state index is 0.0535. The normalized spacial score (nSPS) is 13.4. The number of thiophene rings is 1. The van der Waals surface area contributed by atoms with E-state index in [-0.39, 0.29) is 12.3 Å². The lowest BCUT2D eigenvalue weighted by atomic mass is 9.99. The second kappa shape index (κ2) is 29.5. The van der Waals surface area contributed by atoms with E-state index in [1.165, 1.54) is 4.88 Å². The number of nitrogens with zero attached hydrogens (tertiary/aromatic N) is 4. The molecule has 2 amide bonds. The van der Waals surface area contributed by atoms with Crippen molar-refractivity contribution in [2.24, 2.45) is 4.99 Å². The lowest BCUT2D eigenvalue weighted by Gasteiger charge is -2.19. The Balaban J connectivity index is 0.837. The number of hydrogen-bond donors (Lipinski definition) is 2. The van der Waals surface area contributed by atoms with Gasteiger partial charge in [-0.05, 0) is 71.4 Å². The first kappa shape index (κ1) is 54.4. The van der Waals surface area contributed by atoms with Gasteiger partial charge in [-0.25, -0.2) is 4.79 Å². The molecule has 2 aromatic heterocycles. The highest BCUT2D eigenvalue weighted by molar-refractivity contribution is 7.15. The molecule has 0 unspecified atom stereocenters. The van der Waals surface area contributed by atoms with Crippen molar-refractivity contribution in [1.29, 1.82) is 0 Å². The van der Waals surface area contributed by atoms with Gasteiger partial charge in [0.2, 0.25) is 5.91 Å². The number of rotatable bonds is 32. The molecule has 0 bridgehead atoms. The van der Waals surface area contributed by atoms with Crippen molar-refractivity contribution in [3.8, 4) is 10.8 Å². The van der Waals surface area contributed by atoms with Gasteiger partial charge in [0.05, 0.1) is 118 Å². The summed E-state index contributed by atoms with van der Waals surface area (Å²) in [5, 5.41) is 16.2. The van der Waals surface area contributed by atoms with Crippen LogP contribution < -0.4 is 15.4 Å². The molecule has 5 rings (SSSR count). The van der Waals surface area contributed by atoms with E-state index >= 15 is 0 Å². The first-order valence-electron chi connectivity index (χ1n) is 22.9. The number of hydrogen-bond acceptors (Lipinski definition) is 16. The lowest BCUT2D eigenvalue weighted by molar-refractivity contribution is -0.116. The zero-order chi connectivity index (χ0) is 48.6. The molecular weight excluding hydrogens is 920 g/mol. The quantitative estimate of drug-likeness (QED) is 0.0482. The summed E-state index contributed by atoms with van der Waals surface area (Å²) in [5.41, 5.74) is 3.91. The van der Waals surface area contributed by atoms with Gasteiger partial charge in [-0.3, -0.25) is 14.4 Å². The zero-order valence-electron chi connectivity index (χ0n) is 40.1. The molecule has 18 nitrogen and oxygen atoms in total. The Labute approximate surface area is 408 Å². The number of aliphatic imine (C=N–C) groups is 1. The Hall–Kier alpha value is -4.54. The van der Waals surface area contributed by atoms with Crippen LogP contribution in [-0.4, -0.2) is 157 Å². The summed E-state index contributed by atoms with van der Waals surface area (Å²) in [4.78, 5) is 31.5. The Morgan fingerprint density at radius 2 is 1.24 bits per heavy atom. The average molecular weight is 988 g/mol. The van der Waals surface area contributed by atoms with E-state index in [1.807, 2.05) is 74.7 Å². The number of fused-ring (bicyclic) bond motifs is 3. The molecule has 0 aliphatic carbocycles. The smallest absolute Gasteiger partial charge is 0.407 e. The molecule has 2 aromatic carbocycles. The number of aryl methyl sites for hydroxylation is 2. The van der Waals surface area contributed by atoms with Gasteiger partial charge in [-0.1, -0.05) is 29.8 Å². The van der Waals surface area contributed by atoms with E-state index < -0.39 is 17.7 Å². The maximum absolute atomic E-state index is 13.6. The maximum atomic E-state index is 13.6. The second-order valence-corrected chi connectivity index (χ2v) is 18.0. The monoisotopic (exact) mass is 986 g/mol.